The number of fused-ring (bicyclic) bond motifs is 1. The molecule has 2 atom stereocenters. The van der Waals surface area contributed by atoms with Crippen LogP contribution in [0, 0.1) is 0 Å². The van der Waals surface area contributed by atoms with Crippen molar-refractivity contribution in [1.82, 2.24) is 5.32 Å². The number of aryl methyl sites for hydroxylation is 2. The van der Waals surface area contributed by atoms with Gasteiger partial charge in [0.05, 0.1) is 6.04 Å². The Labute approximate surface area is 167 Å². The van der Waals surface area contributed by atoms with Crippen LogP contribution in [-0.2, 0) is 17.6 Å². The molecule has 0 aromatic heterocycles. The van der Waals surface area contributed by atoms with Crippen molar-refractivity contribution in [1.29, 1.82) is 0 Å². The molecule has 0 unspecified atom stereocenters. The molecule has 3 rings (SSSR count). The lowest BCUT2D eigenvalue weighted by Gasteiger charge is -2.24. The van der Waals surface area contributed by atoms with Crippen LogP contribution in [0.4, 0.5) is 0 Å². The lowest BCUT2D eigenvalue weighted by molar-refractivity contribution is -0.128. The van der Waals surface area contributed by atoms with Crippen molar-refractivity contribution in [2.24, 2.45) is 0 Å². The number of halogens is 1. The molecule has 0 fully saturated rings. The smallest absolute Gasteiger partial charge is 0.261 e. The Morgan fingerprint density at radius 2 is 1.74 bits per heavy atom. The molecule has 0 aliphatic heterocycles. The monoisotopic (exact) mass is 385 g/mol. The summed E-state index contributed by atoms with van der Waals surface area (Å²) in [6.07, 6.45) is 5.79. The molecule has 0 saturated heterocycles. The third-order valence-corrected chi connectivity index (χ3v) is 5.51. The maximum atomic E-state index is 12.8. The molecule has 4 heteroatoms. The van der Waals surface area contributed by atoms with Crippen LogP contribution in [0.25, 0.3) is 0 Å². The number of carbonyl (C=O) groups excluding carboxylic acids is 1. The van der Waals surface area contributed by atoms with Gasteiger partial charge in [-0.15, -0.1) is 0 Å². The molecule has 1 aliphatic rings. The Balaban J connectivity index is 1.68. The normalized spacial score (nSPS) is 15.5. The zero-order valence-electron chi connectivity index (χ0n) is 16.1. The molecule has 0 radical (unpaired) electrons. The van der Waals surface area contributed by atoms with Gasteiger partial charge in [-0.25, -0.2) is 0 Å². The van der Waals surface area contributed by atoms with E-state index in [0.29, 0.717) is 17.2 Å². The van der Waals surface area contributed by atoms with E-state index < -0.39 is 6.10 Å². The summed E-state index contributed by atoms with van der Waals surface area (Å²) in [6.45, 7) is 4.06. The molecule has 1 amide bonds. The Bertz CT molecular complexity index is 772. The van der Waals surface area contributed by atoms with Crippen LogP contribution >= 0.6 is 11.6 Å². The van der Waals surface area contributed by atoms with Crippen LogP contribution < -0.4 is 10.1 Å². The molecule has 0 heterocycles. The highest BCUT2D eigenvalue weighted by molar-refractivity contribution is 6.30. The Kier molecular flexibility index (Phi) is 6.78. The summed E-state index contributed by atoms with van der Waals surface area (Å²) in [5, 5.41) is 3.83. The van der Waals surface area contributed by atoms with Gasteiger partial charge in [0.1, 0.15) is 5.75 Å². The lowest BCUT2D eigenvalue weighted by atomic mass is 9.88. The first-order chi connectivity index (χ1) is 13.1. The van der Waals surface area contributed by atoms with E-state index in [1.807, 2.05) is 6.92 Å². The second kappa shape index (κ2) is 9.27. The van der Waals surface area contributed by atoms with E-state index in [0.717, 1.165) is 12.8 Å². The van der Waals surface area contributed by atoms with Crippen LogP contribution in [-0.4, -0.2) is 12.0 Å². The van der Waals surface area contributed by atoms with Crippen LogP contribution in [0.15, 0.2) is 42.5 Å². The van der Waals surface area contributed by atoms with Crippen LogP contribution in [0.1, 0.15) is 62.3 Å². The number of rotatable bonds is 7. The maximum Gasteiger partial charge on any atom is 0.261 e. The largest absolute Gasteiger partial charge is 0.481 e. The van der Waals surface area contributed by atoms with Gasteiger partial charge in [-0.2, -0.15) is 0 Å². The molecule has 0 spiro atoms. The number of hydrogen-bond donors (Lipinski definition) is 1. The van der Waals surface area contributed by atoms with Crippen molar-refractivity contribution in [3.63, 3.8) is 0 Å². The highest BCUT2D eigenvalue weighted by atomic mass is 35.5. The molecule has 2 aromatic carbocycles. The first-order valence-corrected chi connectivity index (χ1v) is 10.3. The summed E-state index contributed by atoms with van der Waals surface area (Å²) in [4.78, 5) is 12.8. The summed E-state index contributed by atoms with van der Waals surface area (Å²) in [7, 11) is 0. The van der Waals surface area contributed by atoms with Gasteiger partial charge in [0.2, 0.25) is 0 Å². The van der Waals surface area contributed by atoms with Crippen LogP contribution in [0.2, 0.25) is 5.02 Å². The number of ether oxygens (including phenoxy) is 1. The zero-order chi connectivity index (χ0) is 19.2. The fourth-order valence-corrected chi connectivity index (χ4v) is 3.78. The first-order valence-electron chi connectivity index (χ1n) is 9.95. The molecule has 1 N–H and O–H groups in total. The van der Waals surface area contributed by atoms with Crippen LogP contribution in [0.5, 0.6) is 5.75 Å². The van der Waals surface area contributed by atoms with E-state index >= 15 is 0 Å². The van der Waals surface area contributed by atoms with Gasteiger partial charge < -0.3 is 10.1 Å². The van der Waals surface area contributed by atoms with Crippen molar-refractivity contribution < 1.29 is 9.53 Å². The minimum Gasteiger partial charge on any atom is -0.481 e. The van der Waals surface area contributed by atoms with E-state index in [9.17, 15) is 4.79 Å². The maximum absolute atomic E-state index is 12.8. The number of carbonyl (C=O) groups is 1. The standard InChI is InChI=1S/C23H28ClNO2/c1-3-21(18-10-9-16-7-5-6-8-17(16)15-18)25-23(26)22(4-2)27-20-13-11-19(24)12-14-20/h9-15,21-22H,3-8H2,1-2H3,(H,25,26)/t21-,22-/m0/s1. The summed E-state index contributed by atoms with van der Waals surface area (Å²) in [5.41, 5.74) is 4.09. The second-order valence-corrected chi connectivity index (χ2v) is 7.61. The number of nitrogens with one attached hydrogen (secondary N) is 1. The van der Waals surface area contributed by atoms with E-state index in [4.69, 9.17) is 16.3 Å². The SMILES string of the molecule is CC[C@H](Oc1ccc(Cl)cc1)C(=O)N[C@@H](CC)c1ccc2c(c1)CCCC2. The highest BCUT2D eigenvalue weighted by Crippen LogP contribution is 2.26. The second-order valence-electron chi connectivity index (χ2n) is 7.17. The van der Waals surface area contributed by atoms with Gasteiger partial charge in [0.15, 0.2) is 6.10 Å². The third-order valence-electron chi connectivity index (χ3n) is 5.25. The average Bonchev–Trinajstić information content (AvgIpc) is 2.71. The molecule has 144 valence electrons. The Hall–Kier alpha value is -2.00. The van der Waals surface area contributed by atoms with E-state index in [1.54, 1.807) is 24.3 Å². The van der Waals surface area contributed by atoms with Gasteiger partial charge in [-0.1, -0.05) is 43.6 Å². The third kappa shape index (κ3) is 5.04. The first kappa shape index (κ1) is 19.8. The fourth-order valence-electron chi connectivity index (χ4n) is 3.66. The molecule has 3 nitrogen and oxygen atoms in total. The number of amides is 1. The number of benzene rings is 2. The molecular formula is C23H28ClNO2. The summed E-state index contributed by atoms with van der Waals surface area (Å²) in [6, 6.07) is 13.8. The minimum absolute atomic E-state index is 0.00703. The Morgan fingerprint density at radius 3 is 2.41 bits per heavy atom. The molecule has 2 aromatic rings. The van der Waals surface area contributed by atoms with Gasteiger partial charge in [-0.3, -0.25) is 4.79 Å². The van der Waals surface area contributed by atoms with Crippen LogP contribution in [0.3, 0.4) is 0 Å². The molecule has 1 aliphatic carbocycles. The van der Waals surface area contributed by atoms with Gasteiger partial charge in [0.25, 0.3) is 5.91 Å². The lowest BCUT2D eigenvalue weighted by Crippen LogP contribution is -2.40. The summed E-state index contributed by atoms with van der Waals surface area (Å²) < 4.78 is 5.88. The average molecular weight is 386 g/mol. The van der Waals surface area contributed by atoms with Crippen molar-refractivity contribution in [3.8, 4) is 5.75 Å². The molecule has 0 saturated carbocycles. The Morgan fingerprint density at radius 1 is 1.04 bits per heavy atom. The molecule has 0 bridgehead atoms. The molecular weight excluding hydrogens is 358 g/mol. The van der Waals surface area contributed by atoms with Gasteiger partial charge >= 0.3 is 0 Å². The van der Waals surface area contributed by atoms with Crippen molar-refractivity contribution in [3.05, 3.63) is 64.2 Å². The van der Waals surface area contributed by atoms with E-state index in [-0.39, 0.29) is 11.9 Å². The van der Waals surface area contributed by atoms with Gasteiger partial charge in [0, 0.05) is 5.02 Å². The van der Waals surface area contributed by atoms with Crippen molar-refractivity contribution in [2.75, 3.05) is 0 Å². The highest BCUT2D eigenvalue weighted by Gasteiger charge is 2.22. The van der Waals surface area contributed by atoms with Crippen molar-refractivity contribution in [2.45, 2.75) is 64.5 Å². The summed E-state index contributed by atoms with van der Waals surface area (Å²) in [5.74, 6) is 0.584. The predicted octanol–water partition coefficient (Wildman–Crippen LogP) is 5.64. The number of hydrogen-bond acceptors (Lipinski definition) is 2. The predicted molar refractivity (Wildman–Crippen MR) is 110 cm³/mol. The quantitative estimate of drug-likeness (QED) is 0.669. The topological polar surface area (TPSA) is 38.3 Å². The van der Waals surface area contributed by atoms with E-state index in [1.165, 1.54) is 36.0 Å². The fraction of sp³-hybridized carbons (Fsp3) is 0.435. The zero-order valence-corrected chi connectivity index (χ0v) is 16.9. The summed E-state index contributed by atoms with van der Waals surface area (Å²) >= 11 is 5.92. The minimum atomic E-state index is -0.516. The van der Waals surface area contributed by atoms with Crippen molar-refractivity contribution >= 4 is 17.5 Å². The molecule has 27 heavy (non-hydrogen) atoms. The van der Waals surface area contributed by atoms with E-state index in [2.05, 4.69) is 30.4 Å². The van der Waals surface area contributed by atoms with Gasteiger partial charge in [-0.05, 0) is 79.5 Å².